The molecule has 0 aliphatic carbocycles. The minimum Gasteiger partial charge on any atom is -0.354 e. The molecule has 4 N–H and O–H groups in total. The van der Waals surface area contributed by atoms with Crippen molar-refractivity contribution in [2.24, 2.45) is 5.73 Å². The van der Waals surface area contributed by atoms with Crippen molar-refractivity contribution in [2.45, 2.75) is 19.3 Å². The molecule has 9 heteroatoms. The van der Waals surface area contributed by atoms with Gasteiger partial charge >= 0.3 is 0 Å². The van der Waals surface area contributed by atoms with Gasteiger partial charge in [-0.25, -0.2) is 9.97 Å². The highest BCUT2D eigenvalue weighted by molar-refractivity contribution is 7.17. The molecule has 3 aromatic rings. The summed E-state index contributed by atoms with van der Waals surface area (Å²) in [6.45, 7) is 1.93. The second-order valence-corrected chi connectivity index (χ2v) is 8.52. The van der Waals surface area contributed by atoms with Crippen molar-refractivity contribution < 1.29 is 4.79 Å². The summed E-state index contributed by atoms with van der Waals surface area (Å²) in [5.41, 5.74) is 7.23. The van der Waals surface area contributed by atoms with E-state index < -0.39 is 0 Å². The van der Waals surface area contributed by atoms with Crippen LogP contribution in [0.4, 0.5) is 5.95 Å². The molecule has 30 heavy (non-hydrogen) atoms. The van der Waals surface area contributed by atoms with Crippen LogP contribution < -0.4 is 16.4 Å². The highest BCUT2D eigenvalue weighted by Crippen LogP contribution is 2.27. The molecule has 1 amide bonds. The summed E-state index contributed by atoms with van der Waals surface area (Å²) in [6, 6.07) is 10.9. The molecule has 0 saturated heterocycles. The number of carbonyl (C=O) groups excluding carboxylic acids is 1. The van der Waals surface area contributed by atoms with Gasteiger partial charge in [-0.3, -0.25) is 4.79 Å². The number of unbranched alkanes of at least 4 members (excludes halogenated alkanes) is 1. The molecule has 0 saturated carbocycles. The van der Waals surface area contributed by atoms with Crippen LogP contribution in [0, 0.1) is 0 Å². The van der Waals surface area contributed by atoms with Gasteiger partial charge < -0.3 is 16.4 Å². The molecule has 0 fully saturated rings. The summed E-state index contributed by atoms with van der Waals surface area (Å²) in [5.74, 6) is 0.453. The largest absolute Gasteiger partial charge is 0.354 e. The van der Waals surface area contributed by atoms with Gasteiger partial charge in [0.15, 0.2) is 0 Å². The van der Waals surface area contributed by atoms with E-state index in [2.05, 4.69) is 20.6 Å². The van der Waals surface area contributed by atoms with Crippen LogP contribution in [-0.4, -0.2) is 35.5 Å². The smallest absolute Gasteiger partial charge is 0.261 e. The molecule has 0 bridgehead atoms. The van der Waals surface area contributed by atoms with E-state index in [0.717, 1.165) is 35.5 Å². The number of amides is 1. The number of rotatable bonds is 10. The number of hydrogen-bond donors (Lipinski definition) is 3. The zero-order valence-electron chi connectivity index (χ0n) is 16.3. The third-order valence-electron chi connectivity index (χ3n) is 4.35. The van der Waals surface area contributed by atoms with E-state index >= 15 is 0 Å². The van der Waals surface area contributed by atoms with Crippen LogP contribution >= 0.6 is 34.5 Å². The summed E-state index contributed by atoms with van der Waals surface area (Å²) < 4.78 is 0. The zero-order chi connectivity index (χ0) is 21.3. The van der Waals surface area contributed by atoms with Crippen LogP contribution in [0.3, 0.4) is 0 Å². The lowest BCUT2D eigenvalue weighted by atomic mass is 10.1. The van der Waals surface area contributed by atoms with Gasteiger partial charge in [-0.05, 0) is 61.7 Å². The number of aromatic nitrogens is 2. The Hall–Kier alpha value is -2.19. The van der Waals surface area contributed by atoms with E-state index in [0.29, 0.717) is 40.4 Å². The first-order chi connectivity index (χ1) is 14.6. The fourth-order valence-electron chi connectivity index (χ4n) is 2.77. The zero-order valence-corrected chi connectivity index (χ0v) is 18.7. The van der Waals surface area contributed by atoms with Crippen LogP contribution in [0.15, 0.2) is 42.6 Å². The summed E-state index contributed by atoms with van der Waals surface area (Å²) in [4.78, 5) is 22.8. The minimum atomic E-state index is -0.120. The Bertz CT molecular complexity index is 995. The molecule has 158 valence electrons. The molecule has 0 aliphatic heterocycles. The van der Waals surface area contributed by atoms with Crippen LogP contribution in [-0.2, 0) is 6.42 Å². The summed E-state index contributed by atoms with van der Waals surface area (Å²) in [6.07, 6.45) is 4.27. The van der Waals surface area contributed by atoms with E-state index in [9.17, 15) is 4.79 Å². The first kappa shape index (κ1) is 22.5. The van der Waals surface area contributed by atoms with Crippen LogP contribution in [0.25, 0.3) is 10.6 Å². The van der Waals surface area contributed by atoms with Crippen LogP contribution in [0.1, 0.15) is 28.1 Å². The van der Waals surface area contributed by atoms with Crippen molar-refractivity contribution in [2.75, 3.05) is 25.0 Å². The third kappa shape index (κ3) is 6.40. The van der Waals surface area contributed by atoms with Crippen molar-refractivity contribution in [3.63, 3.8) is 0 Å². The predicted molar refractivity (Wildman–Crippen MR) is 125 cm³/mol. The molecule has 2 aromatic heterocycles. The number of benzene rings is 1. The lowest BCUT2D eigenvalue weighted by Gasteiger charge is -2.06. The number of halogens is 2. The molecule has 0 spiro atoms. The van der Waals surface area contributed by atoms with Crippen molar-refractivity contribution in [1.29, 1.82) is 0 Å². The van der Waals surface area contributed by atoms with Gasteiger partial charge in [-0.1, -0.05) is 29.3 Å². The van der Waals surface area contributed by atoms with E-state index in [1.165, 1.54) is 11.3 Å². The molecule has 0 unspecified atom stereocenters. The topological polar surface area (TPSA) is 92.9 Å². The maximum absolute atomic E-state index is 12.5. The number of thiophene rings is 1. The van der Waals surface area contributed by atoms with Gasteiger partial charge in [-0.15, -0.1) is 11.3 Å². The van der Waals surface area contributed by atoms with Gasteiger partial charge in [0.05, 0.1) is 15.4 Å². The number of nitrogens with zero attached hydrogens (tertiary/aromatic N) is 2. The van der Waals surface area contributed by atoms with E-state index in [1.54, 1.807) is 24.4 Å². The Morgan fingerprint density at radius 1 is 1.10 bits per heavy atom. The number of anilines is 1. The highest BCUT2D eigenvalue weighted by atomic mass is 35.5. The summed E-state index contributed by atoms with van der Waals surface area (Å²) in [7, 11) is 0. The molecule has 3 rings (SSSR count). The lowest BCUT2D eigenvalue weighted by molar-refractivity contribution is 0.0958. The van der Waals surface area contributed by atoms with Gasteiger partial charge in [0.1, 0.15) is 0 Å². The second kappa shape index (κ2) is 11.3. The number of carbonyl (C=O) groups is 1. The van der Waals surface area contributed by atoms with Crippen LogP contribution in [0.5, 0.6) is 0 Å². The second-order valence-electron chi connectivity index (χ2n) is 6.59. The molecule has 0 aliphatic rings. The quantitative estimate of drug-likeness (QED) is 0.381. The maximum Gasteiger partial charge on any atom is 0.261 e. The van der Waals surface area contributed by atoms with Gasteiger partial charge in [0.2, 0.25) is 5.95 Å². The van der Waals surface area contributed by atoms with E-state index in [1.807, 2.05) is 18.2 Å². The Kier molecular flexibility index (Phi) is 8.45. The van der Waals surface area contributed by atoms with Gasteiger partial charge in [0.25, 0.3) is 5.91 Å². The van der Waals surface area contributed by atoms with E-state index in [4.69, 9.17) is 28.9 Å². The Morgan fingerprint density at radius 3 is 2.77 bits per heavy atom. The van der Waals surface area contributed by atoms with Crippen LogP contribution in [0.2, 0.25) is 10.0 Å². The first-order valence-corrected chi connectivity index (χ1v) is 11.2. The predicted octanol–water partition coefficient (Wildman–Crippen LogP) is 4.64. The normalized spacial score (nSPS) is 10.8. The Labute approximate surface area is 189 Å². The Morgan fingerprint density at radius 2 is 1.97 bits per heavy atom. The lowest BCUT2D eigenvalue weighted by Crippen LogP contribution is -2.24. The molecule has 6 nitrogen and oxygen atoms in total. The van der Waals surface area contributed by atoms with Crippen molar-refractivity contribution in [3.8, 4) is 10.6 Å². The van der Waals surface area contributed by atoms with E-state index in [-0.39, 0.29) is 5.91 Å². The third-order valence-corrected chi connectivity index (χ3v) is 6.04. The van der Waals surface area contributed by atoms with Gasteiger partial charge in [0, 0.05) is 29.3 Å². The molecule has 1 aromatic carbocycles. The fraction of sp³-hybridized carbons (Fsp3) is 0.286. The summed E-state index contributed by atoms with van der Waals surface area (Å²) >= 11 is 13.5. The highest BCUT2D eigenvalue weighted by Gasteiger charge is 2.12. The molecule has 0 radical (unpaired) electrons. The number of nitrogens with one attached hydrogen (secondary N) is 2. The molecule has 0 atom stereocenters. The monoisotopic (exact) mass is 463 g/mol. The van der Waals surface area contributed by atoms with Crippen molar-refractivity contribution in [3.05, 3.63) is 63.1 Å². The van der Waals surface area contributed by atoms with Gasteiger partial charge in [-0.2, -0.15) is 0 Å². The molecular formula is C21H23Cl2N5OS. The van der Waals surface area contributed by atoms with Crippen molar-refractivity contribution >= 4 is 46.4 Å². The Balaban J connectivity index is 1.55. The average Bonchev–Trinajstić information content (AvgIpc) is 3.23. The number of nitrogens with two attached hydrogens (primary N) is 1. The molecule has 2 heterocycles. The fourth-order valence-corrected chi connectivity index (χ4v) is 4.17. The molecular weight excluding hydrogens is 441 g/mol. The van der Waals surface area contributed by atoms with Crippen molar-refractivity contribution in [1.82, 2.24) is 15.3 Å². The first-order valence-electron chi connectivity index (χ1n) is 9.66. The standard InChI is InChI=1S/C21H23Cl2N5OS/c22-15-4-3-14(16(23)13-15)7-11-25-20(29)19-6-5-18(30-19)17-8-12-27-21(28-17)26-10-2-1-9-24/h3-6,8,12-13H,1-2,7,9-11,24H2,(H,25,29)(H,26,27,28). The summed E-state index contributed by atoms with van der Waals surface area (Å²) in [5, 5.41) is 7.33. The average molecular weight is 464 g/mol. The SMILES string of the molecule is NCCCCNc1nccc(-c2ccc(C(=O)NCCc3ccc(Cl)cc3Cl)s2)n1. The number of hydrogen-bond acceptors (Lipinski definition) is 6. The maximum atomic E-state index is 12.5. The minimum absolute atomic E-state index is 0.120.